The number of carbonyl (C=O) groups is 2. The summed E-state index contributed by atoms with van der Waals surface area (Å²) in [4.78, 5) is 27.4. The van der Waals surface area contributed by atoms with Crippen LogP contribution in [0.2, 0.25) is 0 Å². The van der Waals surface area contributed by atoms with Crippen molar-refractivity contribution in [2.24, 2.45) is 5.73 Å². The Hall–Kier alpha value is -3.71. The summed E-state index contributed by atoms with van der Waals surface area (Å²) < 4.78 is 20.6. The zero-order valence-corrected chi connectivity index (χ0v) is 19.1. The van der Waals surface area contributed by atoms with Gasteiger partial charge in [0.1, 0.15) is 11.6 Å². The van der Waals surface area contributed by atoms with Gasteiger partial charge < -0.3 is 20.7 Å². The number of anilines is 2. The van der Waals surface area contributed by atoms with E-state index in [9.17, 15) is 14.0 Å². The topological polar surface area (TPSA) is 84.7 Å². The lowest BCUT2D eigenvalue weighted by Gasteiger charge is -2.28. The molecule has 1 heterocycles. The third kappa shape index (κ3) is 5.26. The molecule has 1 unspecified atom stereocenters. The van der Waals surface area contributed by atoms with Crippen LogP contribution in [0.15, 0.2) is 66.7 Å². The molecular formula is C27H28FN3O3. The van der Waals surface area contributed by atoms with E-state index in [2.05, 4.69) is 5.32 Å². The maximum Gasteiger partial charge on any atom is 0.270 e. The zero-order chi connectivity index (χ0) is 24.1. The van der Waals surface area contributed by atoms with Gasteiger partial charge in [-0.15, -0.1) is 0 Å². The number of amides is 2. The van der Waals surface area contributed by atoms with E-state index in [1.165, 1.54) is 12.1 Å². The molecule has 3 N–H and O–H groups in total. The Labute approximate surface area is 198 Å². The molecule has 0 aliphatic carbocycles. The number of halogens is 1. The van der Waals surface area contributed by atoms with Gasteiger partial charge in [0.2, 0.25) is 12.0 Å². The lowest BCUT2D eigenvalue weighted by molar-refractivity contribution is -0.123. The van der Waals surface area contributed by atoms with Crippen molar-refractivity contribution in [3.63, 3.8) is 0 Å². The van der Waals surface area contributed by atoms with E-state index in [0.717, 1.165) is 29.7 Å². The van der Waals surface area contributed by atoms with Gasteiger partial charge in [0.25, 0.3) is 5.91 Å². The number of aryl methyl sites for hydroxylation is 1. The molecule has 6 nitrogen and oxygen atoms in total. The number of hydrogen-bond donors (Lipinski definition) is 2. The van der Waals surface area contributed by atoms with Gasteiger partial charge in [-0.05, 0) is 67.3 Å². The van der Waals surface area contributed by atoms with Crippen molar-refractivity contribution >= 4 is 23.2 Å². The Morgan fingerprint density at radius 1 is 1.12 bits per heavy atom. The largest absolute Gasteiger partial charge is 0.476 e. The van der Waals surface area contributed by atoms with Crippen LogP contribution in [0.25, 0.3) is 0 Å². The number of benzene rings is 3. The van der Waals surface area contributed by atoms with Crippen LogP contribution >= 0.6 is 0 Å². The van der Waals surface area contributed by atoms with Gasteiger partial charge in [-0.25, -0.2) is 4.39 Å². The standard InChI is InChI=1S/C27H28FN3O3/c1-18-15-20(12-13-24(18)31-14-5-4-11-25(31)32)30-27(33)26(22-9-2-3-10-23(22)28)34-21-8-6-7-19(16-21)17-29/h2-3,6-10,12-13,15-16,26H,4-5,11,14,17,29H2,1H3,(H,30,33). The third-order valence-corrected chi connectivity index (χ3v) is 5.89. The summed E-state index contributed by atoms with van der Waals surface area (Å²) in [5.74, 6) is -0.516. The van der Waals surface area contributed by atoms with Crippen LogP contribution in [0.5, 0.6) is 5.75 Å². The van der Waals surface area contributed by atoms with Crippen LogP contribution in [0.4, 0.5) is 15.8 Å². The van der Waals surface area contributed by atoms with E-state index in [4.69, 9.17) is 10.5 Å². The smallest absolute Gasteiger partial charge is 0.270 e. The van der Waals surface area contributed by atoms with Gasteiger partial charge in [0.05, 0.1) is 0 Å². The van der Waals surface area contributed by atoms with Crippen molar-refractivity contribution in [3.05, 3.63) is 89.2 Å². The van der Waals surface area contributed by atoms with Crippen molar-refractivity contribution in [1.29, 1.82) is 0 Å². The molecule has 0 radical (unpaired) electrons. The first-order valence-corrected chi connectivity index (χ1v) is 11.4. The minimum absolute atomic E-state index is 0.110. The number of carbonyl (C=O) groups excluding carboxylic acids is 2. The molecule has 1 saturated heterocycles. The van der Waals surface area contributed by atoms with Crippen molar-refractivity contribution in [2.45, 2.75) is 38.8 Å². The summed E-state index contributed by atoms with van der Waals surface area (Å²) in [5, 5.41) is 2.84. The molecule has 7 heteroatoms. The average Bonchev–Trinajstić information content (AvgIpc) is 2.84. The van der Waals surface area contributed by atoms with E-state index < -0.39 is 17.8 Å². The first-order chi connectivity index (χ1) is 16.5. The Bertz CT molecular complexity index is 1200. The quantitative estimate of drug-likeness (QED) is 0.526. The van der Waals surface area contributed by atoms with Crippen molar-refractivity contribution < 1.29 is 18.7 Å². The molecule has 4 rings (SSSR count). The number of nitrogens with zero attached hydrogens (tertiary/aromatic N) is 1. The van der Waals surface area contributed by atoms with Crippen LogP contribution in [0.1, 0.15) is 42.1 Å². The van der Waals surface area contributed by atoms with Crippen LogP contribution in [-0.2, 0) is 16.1 Å². The fourth-order valence-corrected chi connectivity index (χ4v) is 4.13. The fraction of sp³-hybridized carbons (Fsp3) is 0.259. The van der Waals surface area contributed by atoms with E-state index in [1.54, 1.807) is 41.3 Å². The number of piperidine rings is 1. The normalized spacial score (nSPS) is 14.6. The summed E-state index contributed by atoms with van der Waals surface area (Å²) >= 11 is 0. The molecule has 1 atom stereocenters. The molecule has 176 valence electrons. The highest BCUT2D eigenvalue weighted by Gasteiger charge is 2.27. The minimum Gasteiger partial charge on any atom is -0.476 e. The number of nitrogens with one attached hydrogen (secondary N) is 1. The maximum atomic E-state index is 14.6. The van der Waals surface area contributed by atoms with Crippen LogP contribution in [-0.4, -0.2) is 18.4 Å². The lowest BCUT2D eigenvalue weighted by Crippen LogP contribution is -2.35. The van der Waals surface area contributed by atoms with E-state index in [-0.39, 0.29) is 11.5 Å². The highest BCUT2D eigenvalue weighted by atomic mass is 19.1. The van der Waals surface area contributed by atoms with Gasteiger partial charge >= 0.3 is 0 Å². The highest BCUT2D eigenvalue weighted by Crippen LogP contribution is 2.29. The summed E-state index contributed by atoms with van der Waals surface area (Å²) in [7, 11) is 0. The van der Waals surface area contributed by atoms with E-state index in [0.29, 0.717) is 30.9 Å². The molecule has 0 bridgehead atoms. The summed E-state index contributed by atoms with van der Waals surface area (Å²) in [5.41, 5.74) is 8.93. The fourth-order valence-electron chi connectivity index (χ4n) is 4.13. The molecule has 2 amide bonds. The maximum absolute atomic E-state index is 14.6. The number of nitrogens with two attached hydrogens (primary N) is 1. The van der Waals surface area contributed by atoms with Crippen LogP contribution < -0.4 is 20.7 Å². The zero-order valence-electron chi connectivity index (χ0n) is 19.1. The first kappa shape index (κ1) is 23.4. The molecule has 1 aliphatic rings. The van der Waals surface area contributed by atoms with Gasteiger partial charge in [-0.1, -0.05) is 30.3 Å². The van der Waals surface area contributed by atoms with E-state index >= 15 is 0 Å². The molecule has 0 saturated carbocycles. The second-order valence-electron chi connectivity index (χ2n) is 8.36. The number of hydrogen-bond acceptors (Lipinski definition) is 4. The highest BCUT2D eigenvalue weighted by molar-refractivity contribution is 5.97. The lowest BCUT2D eigenvalue weighted by atomic mass is 10.1. The SMILES string of the molecule is Cc1cc(NC(=O)C(Oc2cccc(CN)c2)c2ccccc2F)ccc1N1CCCCC1=O. The molecular weight excluding hydrogens is 433 g/mol. The molecule has 1 fully saturated rings. The minimum atomic E-state index is -1.21. The summed E-state index contributed by atoms with van der Waals surface area (Å²) in [6, 6.07) is 18.5. The average molecular weight is 462 g/mol. The summed E-state index contributed by atoms with van der Waals surface area (Å²) in [6.45, 7) is 2.91. The number of ether oxygens (including phenoxy) is 1. The second-order valence-corrected chi connectivity index (χ2v) is 8.36. The molecule has 0 aromatic heterocycles. The van der Waals surface area contributed by atoms with Gasteiger partial charge in [0, 0.05) is 36.4 Å². The predicted molar refractivity (Wildman–Crippen MR) is 130 cm³/mol. The van der Waals surface area contributed by atoms with Crippen molar-refractivity contribution in [1.82, 2.24) is 0 Å². The monoisotopic (exact) mass is 461 g/mol. The van der Waals surface area contributed by atoms with Crippen molar-refractivity contribution in [2.75, 3.05) is 16.8 Å². The van der Waals surface area contributed by atoms with Gasteiger partial charge in [-0.2, -0.15) is 0 Å². The van der Waals surface area contributed by atoms with Gasteiger partial charge in [-0.3, -0.25) is 9.59 Å². The molecule has 3 aromatic carbocycles. The third-order valence-electron chi connectivity index (χ3n) is 5.89. The van der Waals surface area contributed by atoms with Gasteiger partial charge in [0.15, 0.2) is 0 Å². The Morgan fingerprint density at radius 3 is 2.68 bits per heavy atom. The number of rotatable bonds is 7. The molecule has 34 heavy (non-hydrogen) atoms. The summed E-state index contributed by atoms with van der Waals surface area (Å²) in [6.07, 6.45) is 1.22. The molecule has 3 aromatic rings. The van der Waals surface area contributed by atoms with Crippen molar-refractivity contribution in [3.8, 4) is 5.75 Å². The molecule has 1 aliphatic heterocycles. The Morgan fingerprint density at radius 2 is 1.94 bits per heavy atom. The van der Waals surface area contributed by atoms with Crippen LogP contribution in [0.3, 0.4) is 0 Å². The Kier molecular flexibility index (Phi) is 7.23. The first-order valence-electron chi connectivity index (χ1n) is 11.4. The van der Waals surface area contributed by atoms with Crippen LogP contribution in [0, 0.1) is 12.7 Å². The van der Waals surface area contributed by atoms with E-state index in [1.807, 2.05) is 25.1 Å². The second kappa shape index (κ2) is 10.5. The molecule has 0 spiro atoms. The predicted octanol–water partition coefficient (Wildman–Crippen LogP) is 4.87. The Balaban J connectivity index is 1.58.